The van der Waals surface area contributed by atoms with Crippen molar-refractivity contribution in [3.8, 4) is 5.75 Å². The first-order valence-electron chi connectivity index (χ1n) is 4.87. The molecule has 1 aliphatic heterocycles. The first-order valence-corrected chi connectivity index (χ1v) is 4.87. The maximum Gasteiger partial charge on any atom is 0.122 e. The SMILES string of the molecule is COc1cc2c(cc1C)CC(N)=NC=C2. The summed E-state index contributed by atoms with van der Waals surface area (Å²) < 4.78 is 5.28. The highest BCUT2D eigenvalue weighted by Crippen LogP contribution is 2.25. The van der Waals surface area contributed by atoms with Crippen LogP contribution in [0, 0.1) is 6.92 Å². The summed E-state index contributed by atoms with van der Waals surface area (Å²) in [7, 11) is 1.68. The number of methoxy groups -OCH3 is 1. The van der Waals surface area contributed by atoms with Crippen LogP contribution in [0.4, 0.5) is 0 Å². The molecule has 0 fully saturated rings. The summed E-state index contributed by atoms with van der Waals surface area (Å²) in [6.45, 7) is 2.03. The number of rotatable bonds is 1. The molecule has 0 amide bonds. The molecule has 0 bridgehead atoms. The van der Waals surface area contributed by atoms with Gasteiger partial charge in [-0.1, -0.05) is 6.07 Å². The molecule has 0 unspecified atom stereocenters. The minimum atomic E-state index is 0.648. The zero-order valence-corrected chi connectivity index (χ0v) is 8.95. The van der Waals surface area contributed by atoms with Crippen molar-refractivity contribution in [1.82, 2.24) is 0 Å². The van der Waals surface area contributed by atoms with E-state index >= 15 is 0 Å². The molecule has 0 aromatic heterocycles. The summed E-state index contributed by atoms with van der Waals surface area (Å²) in [5, 5.41) is 0. The topological polar surface area (TPSA) is 47.6 Å². The van der Waals surface area contributed by atoms with E-state index in [-0.39, 0.29) is 0 Å². The first kappa shape index (κ1) is 9.77. The van der Waals surface area contributed by atoms with Crippen molar-refractivity contribution < 1.29 is 4.74 Å². The summed E-state index contributed by atoms with van der Waals surface area (Å²) >= 11 is 0. The number of amidine groups is 1. The zero-order valence-electron chi connectivity index (χ0n) is 8.95. The number of nitrogens with two attached hydrogens (primary N) is 1. The van der Waals surface area contributed by atoms with Crippen molar-refractivity contribution in [2.24, 2.45) is 10.7 Å². The predicted octanol–water partition coefficient (Wildman–Crippen LogP) is 1.89. The highest BCUT2D eigenvalue weighted by Gasteiger charge is 2.09. The second-order valence-corrected chi connectivity index (χ2v) is 3.63. The smallest absolute Gasteiger partial charge is 0.122 e. The second kappa shape index (κ2) is 3.77. The summed E-state index contributed by atoms with van der Waals surface area (Å²) in [4.78, 5) is 4.10. The molecular formula is C12H14N2O. The molecule has 0 saturated carbocycles. The van der Waals surface area contributed by atoms with Crippen molar-refractivity contribution in [3.63, 3.8) is 0 Å². The lowest BCUT2D eigenvalue weighted by molar-refractivity contribution is 0.411. The average Bonchev–Trinajstić information content (AvgIpc) is 2.37. The van der Waals surface area contributed by atoms with Crippen molar-refractivity contribution in [1.29, 1.82) is 0 Å². The molecule has 0 aliphatic carbocycles. The Labute approximate surface area is 89.3 Å². The molecule has 1 aromatic rings. The van der Waals surface area contributed by atoms with Gasteiger partial charge in [0.25, 0.3) is 0 Å². The summed E-state index contributed by atoms with van der Waals surface area (Å²) in [6.07, 6.45) is 4.39. The number of hydrogen-bond donors (Lipinski definition) is 1. The summed E-state index contributed by atoms with van der Waals surface area (Å²) in [5.74, 6) is 1.55. The lowest BCUT2D eigenvalue weighted by Crippen LogP contribution is -2.14. The van der Waals surface area contributed by atoms with Crippen LogP contribution in [-0.2, 0) is 6.42 Å². The van der Waals surface area contributed by atoms with Gasteiger partial charge in [-0.25, -0.2) is 4.99 Å². The van der Waals surface area contributed by atoms with E-state index in [0.717, 1.165) is 16.9 Å². The van der Waals surface area contributed by atoms with Crippen LogP contribution in [0.15, 0.2) is 23.3 Å². The van der Waals surface area contributed by atoms with Crippen LogP contribution < -0.4 is 10.5 Å². The standard InChI is InChI=1S/C12H14N2O/c1-8-5-10-7-12(13)14-4-3-9(10)6-11(8)15-2/h3-6H,7H2,1-2H3,(H2,13,14). The van der Waals surface area contributed by atoms with Crippen LogP contribution in [0.25, 0.3) is 6.08 Å². The van der Waals surface area contributed by atoms with Crippen LogP contribution in [0.2, 0.25) is 0 Å². The minimum Gasteiger partial charge on any atom is -0.496 e. The van der Waals surface area contributed by atoms with Crippen molar-refractivity contribution >= 4 is 11.9 Å². The third-order valence-electron chi connectivity index (χ3n) is 2.52. The van der Waals surface area contributed by atoms with Gasteiger partial charge in [-0.15, -0.1) is 0 Å². The van der Waals surface area contributed by atoms with Crippen LogP contribution in [-0.4, -0.2) is 12.9 Å². The lowest BCUT2D eigenvalue weighted by atomic mass is 10.0. The molecule has 78 valence electrons. The Morgan fingerprint density at radius 1 is 1.40 bits per heavy atom. The molecule has 1 aromatic carbocycles. The average molecular weight is 202 g/mol. The lowest BCUT2D eigenvalue weighted by Gasteiger charge is -2.10. The van der Waals surface area contributed by atoms with Gasteiger partial charge in [-0.2, -0.15) is 0 Å². The number of aryl methyl sites for hydroxylation is 1. The third-order valence-corrected chi connectivity index (χ3v) is 2.52. The van der Waals surface area contributed by atoms with Crippen LogP contribution in [0.3, 0.4) is 0 Å². The monoisotopic (exact) mass is 202 g/mol. The van der Waals surface area contributed by atoms with E-state index in [0.29, 0.717) is 12.3 Å². The minimum absolute atomic E-state index is 0.648. The fraction of sp³-hybridized carbons (Fsp3) is 0.250. The first-order chi connectivity index (χ1) is 7.20. The van der Waals surface area contributed by atoms with Gasteiger partial charge in [-0.3, -0.25) is 0 Å². The Hall–Kier alpha value is -1.77. The molecule has 3 nitrogen and oxygen atoms in total. The number of ether oxygens (including phenoxy) is 1. The van der Waals surface area contributed by atoms with Gasteiger partial charge < -0.3 is 10.5 Å². The zero-order chi connectivity index (χ0) is 10.8. The van der Waals surface area contributed by atoms with E-state index in [9.17, 15) is 0 Å². The molecule has 1 heterocycles. The third kappa shape index (κ3) is 1.86. The second-order valence-electron chi connectivity index (χ2n) is 3.63. The Bertz CT molecular complexity index is 447. The predicted molar refractivity (Wildman–Crippen MR) is 62.1 cm³/mol. The molecule has 2 rings (SSSR count). The van der Waals surface area contributed by atoms with E-state index in [1.54, 1.807) is 13.3 Å². The fourth-order valence-corrected chi connectivity index (χ4v) is 1.75. The molecule has 0 spiro atoms. The van der Waals surface area contributed by atoms with Gasteiger partial charge >= 0.3 is 0 Å². The fourth-order valence-electron chi connectivity index (χ4n) is 1.75. The van der Waals surface area contributed by atoms with Crippen LogP contribution in [0.5, 0.6) is 5.75 Å². The maximum atomic E-state index is 5.74. The van der Waals surface area contributed by atoms with Gasteiger partial charge in [0.1, 0.15) is 11.6 Å². The summed E-state index contributed by atoms with van der Waals surface area (Å²) in [5.41, 5.74) is 9.19. The van der Waals surface area contributed by atoms with Crippen LogP contribution >= 0.6 is 0 Å². The highest BCUT2D eigenvalue weighted by molar-refractivity contribution is 5.86. The normalized spacial score (nSPS) is 14.1. The van der Waals surface area contributed by atoms with Gasteiger partial charge in [0, 0.05) is 12.6 Å². The molecule has 0 atom stereocenters. The van der Waals surface area contributed by atoms with Crippen LogP contribution in [0.1, 0.15) is 16.7 Å². The van der Waals surface area contributed by atoms with Gasteiger partial charge in [0.05, 0.1) is 7.11 Å². The summed E-state index contributed by atoms with van der Waals surface area (Å²) in [6, 6.07) is 4.13. The number of hydrogen-bond acceptors (Lipinski definition) is 3. The molecule has 0 radical (unpaired) electrons. The van der Waals surface area contributed by atoms with Crippen molar-refractivity contribution in [2.75, 3.05) is 7.11 Å². The van der Waals surface area contributed by atoms with E-state index < -0.39 is 0 Å². The number of fused-ring (bicyclic) bond motifs is 1. The molecule has 2 N–H and O–H groups in total. The maximum absolute atomic E-state index is 5.74. The molecule has 15 heavy (non-hydrogen) atoms. The molecule has 3 heteroatoms. The Kier molecular flexibility index (Phi) is 2.46. The van der Waals surface area contributed by atoms with E-state index in [2.05, 4.69) is 11.1 Å². The van der Waals surface area contributed by atoms with Gasteiger partial charge in [0.2, 0.25) is 0 Å². The Morgan fingerprint density at radius 2 is 2.20 bits per heavy atom. The van der Waals surface area contributed by atoms with Crippen molar-refractivity contribution in [3.05, 3.63) is 35.0 Å². The number of aliphatic imine (C=N–C) groups is 1. The van der Waals surface area contributed by atoms with Gasteiger partial charge in [-0.05, 0) is 35.8 Å². The van der Waals surface area contributed by atoms with E-state index in [1.165, 1.54) is 5.56 Å². The molecule has 1 aliphatic rings. The highest BCUT2D eigenvalue weighted by atomic mass is 16.5. The van der Waals surface area contributed by atoms with Crippen molar-refractivity contribution in [2.45, 2.75) is 13.3 Å². The number of nitrogens with zero attached hydrogens (tertiary/aromatic N) is 1. The van der Waals surface area contributed by atoms with Gasteiger partial charge in [0.15, 0.2) is 0 Å². The molecule has 0 saturated heterocycles. The molecular weight excluding hydrogens is 188 g/mol. The quantitative estimate of drug-likeness (QED) is 0.756. The number of benzene rings is 1. The largest absolute Gasteiger partial charge is 0.496 e. The Balaban J connectivity index is 2.52. The van der Waals surface area contributed by atoms with E-state index in [1.807, 2.05) is 19.1 Å². The Morgan fingerprint density at radius 3 is 2.93 bits per heavy atom. The van der Waals surface area contributed by atoms with E-state index in [4.69, 9.17) is 10.5 Å².